The predicted molar refractivity (Wildman–Crippen MR) is 142 cm³/mol. The van der Waals surface area contributed by atoms with Gasteiger partial charge in [0.1, 0.15) is 5.52 Å². The zero-order chi connectivity index (χ0) is 28.0. The minimum Gasteiger partial charge on any atom is -0.494 e. The number of hydrogen-bond donors (Lipinski definition) is 2. The number of amides is 1. The molecule has 2 bridgehead atoms. The van der Waals surface area contributed by atoms with E-state index in [4.69, 9.17) is 28.9 Å². The Labute approximate surface area is 228 Å². The Morgan fingerprint density at radius 3 is 2.42 bits per heavy atom. The Morgan fingerprint density at radius 2 is 1.77 bits per heavy atom. The maximum absolute atomic E-state index is 15.4. The Bertz CT molecular complexity index is 1450. The number of aromatic nitrogens is 3. The number of pyridine rings is 1. The second kappa shape index (κ2) is 10.5. The van der Waals surface area contributed by atoms with Crippen LogP contribution < -0.4 is 25.0 Å². The highest BCUT2D eigenvalue weighted by molar-refractivity contribution is 5.92. The smallest absolute Gasteiger partial charge is 0.243 e. The van der Waals surface area contributed by atoms with Crippen LogP contribution in [0.4, 0.5) is 20.5 Å². The Morgan fingerprint density at radius 1 is 1.10 bits per heavy atom. The fourth-order valence-electron chi connectivity index (χ4n) is 5.33. The number of anilines is 2. The maximum atomic E-state index is 15.4. The van der Waals surface area contributed by atoms with Crippen LogP contribution in [-0.4, -0.2) is 85.7 Å². The van der Waals surface area contributed by atoms with Crippen molar-refractivity contribution in [3.05, 3.63) is 42.6 Å². The molecule has 4 fully saturated rings. The predicted octanol–water partition coefficient (Wildman–Crippen LogP) is 2.45. The topological polar surface area (TPSA) is 120 Å². The van der Waals surface area contributed by atoms with Crippen molar-refractivity contribution in [1.29, 1.82) is 0 Å². The van der Waals surface area contributed by atoms with E-state index in [0.29, 0.717) is 49.0 Å². The second-order valence-corrected chi connectivity index (χ2v) is 9.87. The molecule has 2 N–H and O–H groups in total. The van der Waals surface area contributed by atoms with Gasteiger partial charge in [-0.05, 0) is 12.1 Å². The number of fused-ring (bicyclic) bond motifs is 3. The number of halogens is 2. The average molecular weight is 555 g/mol. The van der Waals surface area contributed by atoms with E-state index in [0.717, 1.165) is 12.5 Å². The molecule has 6 heterocycles. The lowest BCUT2D eigenvalue weighted by atomic mass is 9.98. The van der Waals surface area contributed by atoms with E-state index in [1.807, 2.05) is 4.90 Å². The second-order valence-electron chi connectivity index (χ2n) is 9.87. The number of carbonyl (C=O) groups is 1. The average Bonchev–Trinajstić information content (AvgIpc) is 3.38. The Hall–Kier alpha value is -4.10. The van der Waals surface area contributed by atoms with Crippen molar-refractivity contribution >= 4 is 28.6 Å². The zero-order valence-electron chi connectivity index (χ0n) is 21.9. The number of methoxy groups -OCH3 is 2. The van der Waals surface area contributed by atoms with E-state index in [-0.39, 0.29) is 53.0 Å². The first-order valence-electron chi connectivity index (χ1n) is 12.8. The molecule has 2 aromatic heterocycles. The van der Waals surface area contributed by atoms with E-state index in [9.17, 15) is 4.79 Å². The van der Waals surface area contributed by atoms with Crippen LogP contribution in [0.15, 0.2) is 31.0 Å². The molecule has 7 rings (SSSR count). The first kappa shape index (κ1) is 26.1. The van der Waals surface area contributed by atoms with Crippen LogP contribution in [0.1, 0.15) is 6.42 Å². The summed E-state index contributed by atoms with van der Waals surface area (Å²) in [4.78, 5) is 27.8. The highest BCUT2D eigenvalue weighted by Crippen LogP contribution is 2.40. The van der Waals surface area contributed by atoms with Gasteiger partial charge in [0.2, 0.25) is 11.9 Å². The molecule has 4 aliphatic heterocycles. The number of rotatable bonds is 8. The van der Waals surface area contributed by atoms with Crippen LogP contribution in [0.3, 0.4) is 0 Å². The van der Waals surface area contributed by atoms with Gasteiger partial charge < -0.3 is 34.5 Å². The molecule has 4 saturated heterocycles. The minimum absolute atomic E-state index is 0.0499. The normalized spacial score (nSPS) is 23.4. The third-order valence-electron chi connectivity index (χ3n) is 7.34. The van der Waals surface area contributed by atoms with Gasteiger partial charge in [0.25, 0.3) is 0 Å². The van der Waals surface area contributed by atoms with Gasteiger partial charge in [-0.3, -0.25) is 4.79 Å². The summed E-state index contributed by atoms with van der Waals surface area (Å²) in [6, 6.07) is 2.12. The summed E-state index contributed by atoms with van der Waals surface area (Å²) in [6.07, 6.45) is 3.82. The van der Waals surface area contributed by atoms with Gasteiger partial charge in [-0.25, -0.2) is 23.7 Å². The monoisotopic (exact) mass is 554 g/mol. The van der Waals surface area contributed by atoms with Crippen LogP contribution >= 0.6 is 0 Å². The summed E-state index contributed by atoms with van der Waals surface area (Å²) in [5.74, 6) is -1.67. The van der Waals surface area contributed by atoms with Crippen molar-refractivity contribution in [2.24, 2.45) is 0 Å². The largest absolute Gasteiger partial charge is 0.494 e. The molecule has 0 aliphatic carbocycles. The molecule has 210 valence electrons. The summed E-state index contributed by atoms with van der Waals surface area (Å²) in [6.45, 7) is 5.29. The number of carbonyl (C=O) groups excluding carboxylic acids is 1. The molecule has 2 unspecified atom stereocenters. The molecule has 11 nitrogen and oxygen atoms in total. The highest BCUT2D eigenvalue weighted by Gasteiger charge is 2.40. The molecule has 40 heavy (non-hydrogen) atoms. The van der Waals surface area contributed by atoms with Gasteiger partial charge >= 0.3 is 0 Å². The van der Waals surface area contributed by atoms with Crippen molar-refractivity contribution < 1.29 is 32.5 Å². The molecular formula is C27H28F2N6O5. The number of hydrogen-bond acceptors (Lipinski definition) is 10. The zero-order valence-corrected chi connectivity index (χ0v) is 21.9. The van der Waals surface area contributed by atoms with Gasteiger partial charge in [-0.2, -0.15) is 0 Å². The van der Waals surface area contributed by atoms with E-state index < -0.39 is 11.6 Å². The van der Waals surface area contributed by atoms with Crippen LogP contribution in [0, 0.1) is 11.6 Å². The lowest BCUT2D eigenvalue weighted by molar-refractivity contribution is -0.133. The van der Waals surface area contributed by atoms with Crippen LogP contribution in [-0.2, 0) is 14.3 Å². The molecule has 1 aromatic carbocycles. The van der Waals surface area contributed by atoms with Gasteiger partial charge in [-0.1, -0.05) is 6.58 Å². The van der Waals surface area contributed by atoms with Crippen LogP contribution in [0.5, 0.6) is 11.5 Å². The number of piperidine rings is 1. The fourth-order valence-corrected chi connectivity index (χ4v) is 5.33. The maximum Gasteiger partial charge on any atom is 0.243 e. The van der Waals surface area contributed by atoms with Gasteiger partial charge in [0.15, 0.2) is 29.0 Å². The number of ether oxygens (including phenoxy) is 4. The van der Waals surface area contributed by atoms with Crippen LogP contribution in [0.25, 0.3) is 22.2 Å². The highest BCUT2D eigenvalue weighted by atomic mass is 19.1. The Balaban J connectivity index is 1.43. The summed E-state index contributed by atoms with van der Waals surface area (Å²) < 4.78 is 52.5. The summed E-state index contributed by atoms with van der Waals surface area (Å²) >= 11 is 0. The number of nitrogens with zero attached hydrogens (tertiary/aromatic N) is 4. The van der Waals surface area contributed by atoms with Crippen molar-refractivity contribution in [3.63, 3.8) is 0 Å². The summed E-state index contributed by atoms with van der Waals surface area (Å²) in [7, 11) is 2.59. The standard InChI is InChI=1S/C27H28F2N6O5/c1-4-21(36)31-17-11-39-12-18(17)33-27-30-8-13-5-16(22-23(28)19(37-2)7-20(38-3)24(22)29)32-26(25(13)34-27)35-9-14-6-15(10-35)40-14/h4-5,7-8,14-15,17-18H,1,6,9-12H2,2-3H3,(H,31,36)(H,30,33,34)/t14?,15?,17-,18+/m0/s1. The SMILES string of the molecule is C=CC(=O)N[C@H]1COC[C@H]1Nc1ncc2cc(-c3c(F)c(OC)cc(OC)c3F)nc(N3CC4CC(C3)O4)c2n1. The fraction of sp³-hybridized carbons (Fsp3) is 0.407. The summed E-state index contributed by atoms with van der Waals surface area (Å²) in [5, 5.41) is 6.61. The van der Waals surface area contributed by atoms with Crippen LogP contribution in [0.2, 0.25) is 0 Å². The van der Waals surface area contributed by atoms with Gasteiger partial charge in [0.05, 0.1) is 63.0 Å². The van der Waals surface area contributed by atoms with E-state index >= 15 is 8.78 Å². The third-order valence-corrected chi connectivity index (χ3v) is 7.34. The van der Waals surface area contributed by atoms with E-state index in [2.05, 4.69) is 22.2 Å². The molecule has 0 spiro atoms. The molecule has 0 radical (unpaired) electrons. The molecule has 3 aromatic rings. The van der Waals surface area contributed by atoms with E-state index in [1.165, 1.54) is 26.4 Å². The molecular weight excluding hydrogens is 526 g/mol. The van der Waals surface area contributed by atoms with Crippen molar-refractivity contribution in [2.75, 3.05) is 50.7 Å². The number of morpholine rings is 1. The first-order valence-corrected chi connectivity index (χ1v) is 12.8. The summed E-state index contributed by atoms with van der Waals surface area (Å²) in [5.41, 5.74) is 0.184. The number of benzene rings is 1. The third kappa shape index (κ3) is 4.64. The molecule has 13 heteroatoms. The van der Waals surface area contributed by atoms with Crippen molar-refractivity contribution in [1.82, 2.24) is 20.3 Å². The van der Waals surface area contributed by atoms with Gasteiger partial charge in [0, 0.05) is 37.2 Å². The molecule has 1 amide bonds. The number of nitrogens with one attached hydrogen (secondary N) is 2. The first-order chi connectivity index (χ1) is 19.4. The molecule has 0 saturated carbocycles. The van der Waals surface area contributed by atoms with Crippen molar-refractivity contribution in [3.8, 4) is 22.8 Å². The van der Waals surface area contributed by atoms with Crippen molar-refractivity contribution in [2.45, 2.75) is 30.7 Å². The lowest BCUT2D eigenvalue weighted by Gasteiger charge is -2.47. The molecule has 4 atom stereocenters. The van der Waals surface area contributed by atoms with E-state index in [1.54, 1.807) is 6.20 Å². The quantitative estimate of drug-likeness (QED) is 0.402. The lowest BCUT2D eigenvalue weighted by Crippen LogP contribution is -2.57. The molecule has 4 aliphatic rings. The van der Waals surface area contributed by atoms with Gasteiger partial charge in [-0.15, -0.1) is 0 Å². The Kier molecular flexibility index (Phi) is 6.84. The minimum atomic E-state index is -0.892.